The molecule has 0 unspecified atom stereocenters. The molecule has 4 aromatic carbocycles. The summed E-state index contributed by atoms with van der Waals surface area (Å²) in [6, 6.07) is 29.9. The molecule has 202 valence electrons. The Kier molecular flexibility index (Phi) is 9.99. The Hall–Kier alpha value is -4.53. The van der Waals surface area contributed by atoms with Crippen LogP contribution in [0.3, 0.4) is 0 Å². The lowest BCUT2D eigenvalue weighted by Crippen LogP contribution is -2.30. The normalized spacial score (nSPS) is 10.9. The summed E-state index contributed by atoms with van der Waals surface area (Å²) in [5, 5.41) is 8.81. The largest absolute Gasteiger partial charge is 0.497 e. The molecule has 0 saturated heterocycles. The van der Waals surface area contributed by atoms with Gasteiger partial charge in [0.1, 0.15) is 11.4 Å². The maximum Gasteiger partial charge on any atom is 0.272 e. The van der Waals surface area contributed by atoms with Crippen LogP contribution < -0.4 is 20.7 Å². The summed E-state index contributed by atoms with van der Waals surface area (Å²) < 4.78 is 5.28. The Balaban J connectivity index is 1.47. The van der Waals surface area contributed by atoms with Crippen molar-refractivity contribution in [2.24, 2.45) is 0 Å². The number of anilines is 2. The zero-order valence-electron chi connectivity index (χ0n) is 21.5. The number of benzene rings is 4. The monoisotopic (exact) mass is 571 g/mol. The summed E-state index contributed by atoms with van der Waals surface area (Å²) in [5.74, 6) is -0.369. The standard InChI is InChI=1S/C31H26ClN3O4S/c1-39-24-13-7-9-21(17-24)18-28(35-30(37)22-10-3-2-4-11-22)31(38)33-23-12-8-14-25(19-23)40-20-29(36)34-27-16-6-5-15-26(27)32/h2-19H,20H2,1H3,(H,33,38)(H,34,36)(H,35,37)/b28-18-. The summed E-state index contributed by atoms with van der Waals surface area (Å²) in [7, 11) is 1.55. The number of carbonyl (C=O) groups is 3. The van der Waals surface area contributed by atoms with Crippen molar-refractivity contribution in [2.45, 2.75) is 4.90 Å². The predicted molar refractivity (Wildman–Crippen MR) is 161 cm³/mol. The number of thioether (sulfide) groups is 1. The summed E-state index contributed by atoms with van der Waals surface area (Å²) >= 11 is 7.43. The van der Waals surface area contributed by atoms with E-state index in [9.17, 15) is 14.4 Å². The SMILES string of the molecule is COc1cccc(/C=C(\NC(=O)c2ccccc2)C(=O)Nc2cccc(SCC(=O)Nc3ccccc3Cl)c2)c1. The molecule has 0 heterocycles. The van der Waals surface area contributed by atoms with Gasteiger partial charge in [0, 0.05) is 16.1 Å². The van der Waals surface area contributed by atoms with E-state index >= 15 is 0 Å². The van der Waals surface area contributed by atoms with Crippen LogP contribution in [0.5, 0.6) is 5.75 Å². The molecule has 40 heavy (non-hydrogen) atoms. The Morgan fingerprint density at radius 1 is 0.850 bits per heavy atom. The van der Waals surface area contributed by atoms with Crippen molar-refractivity contribution in [3.63, 3.8) is 0 Å². The topological polar surface area (TPSA) is 96.5 Å². The lowest BCUT2D eigenvalue weighted by molar-refractivity contribution is -0.114. The fourth-order valence-corrected chi connectivity index (χ4v) is 4.54. The first-order valence-corrected chi connectivity index (χ1v) is 13.6. The van der Waals surface area contributed by atoms with Crippen LogP contribution in [0, 0.1) is 0 Å². The van der Waals surface area contributed by atoms with E-state index in [0.717, 1.165) is 4.90 Å². The molecular weight excluding hydrogens is 546 g/mol. The molecule has 0 spiro atoms. The van der Waals surface area contributed by atoms with E-state index in [1.54, 1.807) is 104 Å². The van der Waals surface area contributed by atoms with Gasteiger partial charge < -0.3 is 20.7 Å². The van der Waals surface area contributed by atoms with Crippen molar-refractivity contribution in [3.8, 4) is 5.75 Å². The molecular formula is C31H26ClN3O4S. The van der Waals surface area contributed by atoms with Gasteiger partial charge in [0.2, 0.25) is 5.91 Å². The first-order chi connectivity index (χ1) is 19.4. The molecule has 0 aliphatic rings. The van der Waals surface area contributed by atoms with Gasteiger partial charge in [-0.3, -0.25) is 14.4 Å². The average molecular weight is 572 g/mol. The second-order valence-corrected chi connectivity index (χ2v) is 9.91. The number of hydrogen-bond acceptors (Lipinski definition) is 5. The smallest absolute Gasteiger partial charge is 0.272 e. The number of methoxy groups -OCH3 is 1. The second kappa shape index (κ2) is 14.0. The minimum absolute atomic E-state index is 0.0549. The number of ether oxygens (including phenoxy) is 1. The Morgan fingerprint density at radius 2 is 1.60 bits per heavy atom. The fourth-order valence-electron chi connectivity index (χ4n) is 3.60. The molecule has 0 fully saturated rings. The number of nitrogens with one attached hydrogen (secondary N) is 3. The zero-order chi connectivity index (χ0) is 28.3. The van der Waals surface area contributed by atoms with E-state index in [2.05, 4.69) is 16.0 Å². The summed E-state index contributed by atoms with van der Waals surface area (Å²) in [5.41, 5.74) is 2.20. The van der Waals surface area contributed by atoms with Crippen molar-refractivity contribution < 1.29 is 19.1 Å². The van der Waals surface area contributed by atoms with E-state index in [1.165, 1.54) is 11.8 Å². The van der Waals surface area contributed by atoms with Gasteiger partial charge in [-0.15, -0.1) is 11.8 Å². The summed E-state index contributed by atoms with van der Waals surface area (Å²) in [6.45, 7) is 0. The minimum atomic E-state index is -0.509. The van der Waals surface area contributed by atoms with Crippen LogP contribution in [0.25, 0.3) is 6.08 Å². The highest BCUT2D eigenvalue weighted by atomic mass is 35.5. The maximum absolute atomic E-state index is 13.3. The number of para-hydroxylation sites is 1. The fraction of sp³-hybridized carbons (Fsp3) is 0.0645. The molecule has 9 heteroatoms. The molecule has 3 N–H and O–H groups in total. The van der Waals surface area contributed by atoms with Crippen LogP contribution in [0.4, 0.5) is 11.4 Å². The van der Waals surface area contributed by atoms with Crippen molar-refractivity contribution in [1.82, 2.24) is 5.32 Å². The molecule has 4 rings (SSSR count). The van der Waals surface area contributed by atoms with E-state index in [4.69, 9.17) is 16.3 Å². The number of amides is 3. The molecule has 4 aromatic rings. The highest BCUT2D eigenvalue weighted by molar-refractivity contribution is 8.00. The lowest BCUT2D eigenvalue weighted by Gasteiger charge is -2.12. The van der Waals surface area contributed by atoms with Crippen molar-refractivity contribution >= 4 is 58.5 Å². The lowest BCUT2D eigenvalue weighted by atomic mass is 10.1. The molecule has 0 radical (unpaired) electrons. The van der Waals surface area contributed by atoms with Gasteiger partial charge >= 0.3 is 0 Å². The number of rotatable bonds is 10. The summed E-state index contributed by atoms with van der Waals surface area (Å²) in [4.78, 5) is 39.4. The highest BCUT2D eigenvalue weighted by Gasteiger charge is 2.16. The van der Waals surface area contributed by atoms with Crippen molar-refractivity contribution in [1.29, 1.82) is 0 Å². The average Bonchev–Trinajstić information content (AvgIpc) is 2.97. The van der Waals surface area contributed by atoms with E-state index in [0.29, 0.717) is 33.3 Å². The number of carbonyl (C=O) groups excluding carboxylic acids is 3. The van der Waals surface area contributed by atoms with Crippen LogP contribution in [-0.4, -0.2) is 30.6 Å². The molecule has 0 aliphatic carbocycles. The van der Waals surface area contributed by atoms with E-state index in [1.807, 2.05) is 12.1 Å². The van der Waals surface area contributed by atoms with E-state index in [-0.39, 0.29) is 17.4 Å². The summed E-state index contributed by atoms with van der Waals surface area (Å²) in [6.07, 6.45) is 1.58. The maximum atomic E-state index is 13.3. The quantitative estimate of drug-likeness (QED) is 0.149. The highest BCUT2D eigenvalue weighted by Crippen LogP contribution is 2.24. The van der Waals surface area contributed by atoms with Crippen LogP contribution in [0.2, 0.25) is 5.02 Å². The zero-order valence-corrected chi connectivity index (χ0v) is 23.1. The van der Waals surface area contributed by atoms with Crippen molar-refractivity contribution in [2.75, 3.05) is 23.5 Å². The molecule has 0 atom stereocenters. The molecule has 3 amide bonds. The third kappa shape index (κ3) is 8.23. The molecule has 7 nitrogen and oxygen atoms in total. The first-order valence-electron chi connectivity index (χ1n) is 12.2. The van der Waals surface area contributed by atoms with Crippen LogP contribution in [0.15, 0.2) is 114 Å². The third-order valence-electron chi connectivity index (χ3n) is 5.54. The van der Waals surface area contributed by atoms with Crippen molar-refractivity contribution in [3.05, 3.63) is 125 Å². The van der Waals surface area contributed by atoms with Gasteiger partial charge in [-0.05, 0) is 66.2 Å². The Bertz CT molecular complexity index is 1540. The van der Waals surface area contributed by atoms with Crippen LogP contribution in [-0.2, 0) is 9.59 Å². The van der Waals surface area contributed by atoms with Gasteiger partial charge in [0.05, 0.1) is 23.6 Å². The number of hydrogen-bond donors (Lipinski definition) is 3. The van der Waals surface area contributed by atoms with E-state index < -0.39 is 11.8 Å². The van der Waals surface area contributed by atoms with Gasteiger partial charge in [-0.2, -0.15) is 0 Å². The minimum Gasteiger partial charge on any atom is -0.497 e. The Labute approximate surface area is 241 Å². The number of halogens is 1. The molecule has 0 aromatic heterocycles. The predicted octanol–water partition coefficient (Wildman–Crippen LogP) is 6.49. The first kappa shape index (κ1) is 28.5. The molecule has 0 saturated carbocycles. The van der Waals surface area contributed by atoms with Crippen LogP contribution >= 0.6 is 23.4 Å². The van der Waals surface area contributed by atoms with Crippen LogP contribution in [0.1, 0.15) is 15.9 Å². The Morgan fingerprint density at radius 3 is 2.38 bits per heavy atom. The second-order valence-electron chi connectivity index (χ2n) is 8.45. The van der Waals surface area contributed by atoms with Gasteiger partial charge in [0.25, 0.3) is 11.8 Å². The molecule has 0 bridgehead atoms. The van der Waals surface area contributed by atoms with Gasteiger partial charge in [0.15, 0.2) is 0 Å². The molecule has 0 aliphatic heterocycles. The van der Waals surface area contributed by atoms with Gasteiger partial charge in [-0.25, -0.2) is 0 Å². The third-order valence-corrected chi connectivity index (χ3v) is 6.87. The van der Waals surface area contributed by atoms with Gasteiger partial charge in [-0.1, -0.05) is 60.1 Å².